The molecule has 0 radical (unpaired) electrons. The van der Waals surface area contributed by atoms with E-state index in [1.165, 1.54) is 0 Å². The summed E-state index contributed by atoms with van der Waals surface area (Å²) in [6, 6.07) is 0. The van der Waals surface area contributed by atoms with Gasteiger partial charge < -0.3 is 0 Å². The van der Waals surface area contributed by atoms with Crippen molar-refractivity contribution in [1.29, 1.82) is 0 Å². The highest BCUT2D eigenvalue weighted by atomic mass is 17.2. The molecule has 0 aliphatic heterocycles. The summed E-state index contributed by atoms with van der Waals surface area (Å²) in [6.45, 7) is 5.16. The van der Waals surface area contributed by atoms with Gasteiger partial charge in [-0.05, 0) is 13.8 Å². The summed E-state index contributed by atoms with van der Waals surface area (Å²) < 4.78 is 0. The Morgan fingerprint density at radius 2 is 1.92 bits per heavy atom. The minimum atomic E-state index is -0.629. The molecule has 12 heavy (non-hydrogen) atoms. The fourth-order valence-corrected chi connectivity index (χ4v) is 0.465. The van der Waals surface area contributed by atoms with E-state index in [0.717, 1.165) is 0 Å². The molecular formula is C8H14O4. The van der Waals surface area contributed by atoms with Crippen LogP contribution in [0.5, 0.6) is 0 Å². The molecule has 0 aromatic heterocycles. The van der Waals surface area contributed by atoms with Gasteiger partial charge in [-0.3, -0.25) is 9.68 Å². The Labute approximate surface area is 71.8 Å². The second-order valence-electron chi connectivity index (χ2n) is 2.67. The maximum Gasteiger partial charge on any atom is 0.349 e. The average molecular weight is 174 g/mol. The van der Waals surface area contributed by atoms with Gasteiger partial charge in [-0.15, -0.1) is 0 Å². The highest BCUT2D eigenvalue weighted by molar-refractivity contribution is 5.95. The number of hydrogen-bond acceptors (Lipinski definition) is 4. The monoisotopic (exact) mass is 174 g/mol. The molecule has 0 unspecified atom stereocenters. The third kappa shape index (κ3) is 5.85. The van der Waals surface area contributed by atoms with Crippen LogP contribution in [0.2, 0.25) is 0 Å². The van der Waals surface area contributed by atoms with Crippen molar-refractivity contribution in [2.24, 2.45) is 0 Å². The molecule has 0 fully saturated rings. The van der Waals surface area contributed by atoms with Gasteiger partial charge in [0.1, 0.15) is 12.2 Å². The summed E-state index contributed by atoms with van der Waals surface area (Å²) in [5, 5.41) is 0. The first-order valence-corrected chi connectivity index (χ1v) is 3.94. The van der Waals surface area contributed by atoms with E-state index in [2.05, 4.69) is 9.78 Å². The minimum absolute atomic E-state index is 0.146. The molecule has 0 saturated heterocycles. The molecule has 4 heteroatoms. The maximum atomic E-state index is 10.7. The van der Waals surface area contributed by atoms with E-state index in [9.17, 15) is 9.59 Å². The third-order valence-corrected chi connectivity index (χ3v) is 1.07. The second kappa shape index (κ2) is 5.71. The van der Waals surface area contributed by atoms with Crippen molar-refractivity contribution < 1.29 is 19.4 Å². The van der Waals surface area contributed by atoms with Gasteiger partial charge in [-0.2, -0.15) is 4.89 Å². The molecule has 0 amide bonds. The molecule has 4 nitrogen and oxygen atoms in total. The molecule has 0 atom stereocenters. The zero-order valence-corrected chi connectivity index (χ0v) is 7.62. The van der Waals surface area contributed by atoms with Gasteiger partial charge in [-0.1, -0.05) is 6.92 Å². The Hall–Kier alpha value is -0.900. The highest BCUT2D eigenvalue weighted by Crippen LogP contribution is 1.95. The number of Topliss-reactive ketones (excluding diaryl/α,β-unsaturated/α-hetero) is 1. The Kier molecular flexibility index (Phi) is 5.28. The van der Waals surface area contributed by atoms with Crippen LogP contribution in [-0.4, -0.2) is 17.9 Å². The first-order valence-electron chi connectivity index (χ1n) is 3.94. The van der Waals surface area contributed by atoms with Crippen molar-refractivity contribution in [3.63, 3.8) is 0 Å². The lowest BCUT2D eigenvalue weighted by Crippen LogP contribution is -2.13. The number of hydrogen-bond donors (Lipinski definition) is 0. The van der Waals surface area contributed by atoms with E-state index in [4.69, 9.17) is 0 Å². The predicted octanol–water partition coefficient (Wildman–Crippen LogP) is 1.24. The molecule has 0 aromatic carbocycles. The number of carbonyl (C=O) groups excluding carboxylic acids is 2. The zero-order valence-electron chi connectivity index (χ0n) is 7.62. The van der Waals surface area contributed by atoms with Crippen molar-refractivity contribution in [2.75, 3.05) is 0 Å². The van der Waals surface area contributed by atoms with E-state index in [-0.39, 0.29) is 18.3 Å². The van der Waals surface area contributed by atoms with Gasteiger partial charge >= 0.3 is 5.97 Å². The van der Waals surface area contributed by atoms with Crippen molar-refractivity contribution in [3.8, 4) is 0 Å². The number of rotatable bonds is 5. The molecule has 0 bridgehead atoms. The van der Waals surface area contributed by atoms with Crippen LogP contribution in [-0.2, 0) is 19.4 Å². The standard InChI is InChI=1S/C8H14O4/c1-4-7(9)5-8(10)12-11-6(2)3/h6H,4-5H2,1-3H3. The van der Waals surface area contributed by atoms with Gasteiger partial charge in [0.05, 0.1) is 6.10 Å². The molecule has 0 saturated carbocycles. The Balaban J connectivity index is 3.53. The lowest BCUT2D eigenvalue weighted by atomic mass is 10.2. The summed E-state index contributed by atoms with van der Waals surface area (Å²) >= 11 is 0. The molecule has 0 aliphatic rings. The first kappa shape index (κ1) is 11.1. The van der Waals surface area contributed by atoms with Crippen molar-refractivity contribution >= 4 is 11.8 Å². The molecule has 0 aliphatic carbocycles. The second-order valence-corrected chi connectivity index (χ2v) is 2.67. The van der Waals surface area contributed by atoms with Crippen LogP contribution >= 0.6 is 0 Å². The largest absolute Gasteiger partial charge is 0.349 e. The van der Waals surface area contributed by atoms with Crippen molar-refractivity contribution in [2.45, 2.75) is 39.7 Å². The van der Waals surface area contributed by atoms with Crippen LogP contribution in [0, 0.1) is 0 Å². The highest BCUT2D eigenvalue weighted by Gasteiger charge is 2.10. The molecule has 70 valence electrons. The van der Waals surface area contributed by atoms with E-state index in [1.54, 1.807) is 20.8 Å². The maximum absolute atomic E-state index is 10.7. The van der Waals surface area contributed by atoms with Gasteiger partial charge in [0.2, 0.25) is 0 Å². The average Bonchev–Trinajstić information content (AvgIpc) is 2.00. The molecule has 0 spiro atoms. The molecule has 0 rings (SSSR count). The normalized spacial score (nSPS) is 10.0. The molecule has 0 heterocycles. The number of carbonyl (C=O) groups is 2. The topological polar surface area (TPSA) is 52.6 Å². The summed E-state index contributed by atoms with van der Waals surface area (Å²) in [4.78, 5) is 30.3. The quantitative estimate of drug-likeness (QED) is 0.357. The summed E-state index contributed by atoms with van der Waals surface area (Å²) in [5.41, 5.74) is 0. The fourth-order valence-electron chi connectivity index (χ4n) is 0.465. The summed E-state index contributed by atoms with van der Waals surface area (Å²) in [7, 11) is 0. The lowest BCUT2D eigenvalue weighted by Gasteiger charge is -2.04. The van der Waals surface area contributed by atoms with Crippen LogP contribution in [0.1, 0.15) is 33.6 Å². The smallest absolute Gasteiger partial charge is 0.299 e. The van der Waals surface area contributed by atoms with Gasteiger partial charge in [-0.25, -0.2) is 4.79 Å². The van der Waals surface area contributed by atoms with Crippen LogP contribution in [0.25, 0.3) is 0 Å². The predicted molar refractivity (Wildman–Crippen MR) is 42.2 cm³/mol. The number of ketones is 1. The first-order chi connectivity index (χ1) is 5.56. The Morgan fingerprint density at radius 1 is 1.33 bits per heavy atom. The van der Waals surface area contributed by atoms with Gasteiger partial charge in [0.25, 0.3) is 0 Å². The van der Waals surface area contributed by atoms with Crippen molar-refractivity contribution in [3.05, 3.63) is 0 Å². The Bertz CT molecular complexity index is 162. The van der Waals surface area contributed by atoms with E-state index >= 15 is 0 Å². The van der Waals surface area contributed by atoms with E-state index in [1.807, 2.05) is 0 Å². The van der Waals surface area contributed by atoms with Crippen LogP contribution in [0.3, 0.4) is 0 Å². The van der Waals surface area contributed by atoms with Crippen molar-refractivity contribution in [1.82, 2.24) is 0 Å². The van der Waals surface area contributed by atoms with Gasteiger partial charge in [0.15, 0.2) is 0 Å². The van der Waals surface area contributed by atoms with Crippen LogP contribution in [0.15, 0.2) is 0 Å². The van der Waals surface area contributed by atoms with Crippen LogP contribution in [0.4, 0.5) is 0 Å². The zero-order chi connectivity index (χ0) is 9.56. The molecule has 0 aromatic rings. The lowest BCUT2D eigenvalue weighted by molar-refractivity contribution is -0.290. The molecular weight excluding hydrogens is 160 g/mol. The molecule has 0 N–H and O–H groups in total. The van der Waals surface area contributed by atoms with E-state index in [0.29, 0.717) is 6.42 Å². The summed E-state index contributed by atoms with van der Waals surface area (Å²) in [6.07, 6.45) is -0.0364. The fraction of sp³-hybridized carbons (Fsp3) is 0.750. The van der Waals surface area contributed by atoms with Crippen LogP contribution < -0.4 is 0 Å². The Morgan fingerprint density at radius 3 is 2.33 bits per heavy atom. The summed E-state index contributed by atoms with van der Waals surface area (Å²) in [5.74, 6) is -0.775. The van der Waals surface area contributed by atoms with Gasteiger partial charge in [0, 0.05) is 6.42 Å². The SMILES string of the molecule is CCC(=O)CC(=O)OOC(C)C. The third-order valence-electron chi connectivity index (χ3n) is 1.07. The van der Waals surface area contributed by atoms with E-state index < -0.39 is 5.97 Å². The minimum Gasteiger partial charge on any atom is -0.299 e.